The molecule has 2 aliphatic heterocycles. The van der Waals surface area contributed by atoms with Gasteiger partial charge in [-0.25, -0.2) is 9.78 Å². The maximum absolute atomic E-state index is 13.2. The molecule has 1 fully saturated rings. The summed E-state index contributed by atoms with van der Waals surface area (Å²) in [7, 11) is 0. The van der Waals surface area contributed by atoms with E-state index < -0.39 is 6.03 Å². The molecule has 2 aromatic heterocycles. The summed E-state index contributed by atoms with van der Waals surface area (Å²) >= 11 is 1.24. The largest absolute Gasteiger partial charge is 0.504 e. The predicted octanol–water partition coefficient (Wildman–Crippen LogP) is 4.93. The summed E-state index contributed by atoms with van der Waals surface area (Å²) in [5, 5.41) is 21.0. The predicted molar refractivity (Wildman–Crippen MR) is 144 cm³/mol. The number of phenolic OH excluding ortho intramolecular Hbond substituents is 1. The number of aryl methyl sites for hydroxylation is 1. The summed E-state index contributed by atoms with van der Waals surface area (Å²) in [6.45, 7) is 3.50. The molecule has 1 atom stereocenters. The maximum Gasteiger partial charge on any atom is 0.359 e. The zero-order valence-electron chi connectivity index (χ0n) is 20.5. The molecule has 38 heavy (non-hydrogen) atoms. The van der Waals surface area contributed by atoms with E-state index in [1.54, 1.807) is 54.7 Å². The molecule has 10 nitrogen and oxygen atoms in total. The molecular weight excluding hydrogens is 506 g/mol. The molecule has 2 aromatic carbocycles. The van der Waals surface area contributed by atoms with Crippen LogP contribution in [-0.2, 0) is 0 Å². The van der Waals surface area contributed by atoms with Crippen LogP contribution in [0, 0.1) is 6.92 Å². The number of carbonyl (C=O) groups excluding carboxylic acids is 2. The zero-order valence-corrected chi connectivity index (χ0v) is 21.3. The van der Waals surface area contributed by atoms with Crippen molar-refractivity contribution in [2.75, 3.05) is 23.5 Å². The highest BCUT2D eigenvalue weighted by molar-refractivity contribution is 7.21. The normalized spacial score (nSPS) is 16.7. The highest BCUT2D eigenvalue weighted by Crippen LogP contribution is 2.44. The number of anilines is 2. The summed E-state index contributed by atoms with van der Waals surface area (Å²) < 4.78 is 5.78. The number of hydroxylamine groups is 1. The fraction of sp³-hybridized carbons (Fsp3) is 0.222. The van der Waals surface area contributed by atoms with Crippen molar-refractivity contribution in [3.8, 4) is 23.0 Å². The molecule has 0 radical (unpaired) electrons. The average molecular weight is 532 g/mol. The van der Waals surface area contributed by atoms with E-state index in [1.807, 2.05) is 6.92 Å². The highest BCUT2D eigenvalue weighted by atomic mass is 32.1. The number of benzene rings is 2. The fourth-order valence-electron chi connectivity index (χ4n) is 4.60. The molecule has 0 spiro atoms. The number of piperidine rings is 1. The van der Waals surface area contributed by atoms with Crippen molar-refractivity contribution in [2.45, 2.75) is 25.8 Å². The Bertz CT molecular complexity index is 1550. The Hall–Kier alpha value is -4.35. The molecule has 3 amide bonds. The van der Waals surface area contributed by atoms with Crippen LogP contribution in [0.15, 0.2) is 54.7 Å². The fourth-order valence-corrected chi connectivity index (χ4v) is 5.62. The Kier molecular flexibility index (Phi) is 6.22. The number of amides is 3. The molecule has 1 saturated heterocycles. The summed E-state index contributed by atoms with van der Waals surface area (Å²) in [4.78, 5) is 37.9. The Morgan fingerprint density at radius 3 is 2.87 bits per heavy atom. The number of ether oxygens (including phenoxy) is 1. The van der Waals surface area contributed by atoms with E-state index in [-0.39, 0.29) is 17.7 Å². The van der Waals surface area contributed by atoms with Gasteiger partial charge in [0.15, 0.2) is 17.2 Å². The van der Waals surface area contributed by atoms with E-state index >= 15 is 0 Å². The van der Waals surface area contributed by atoms with Crippen LogP contribution in [-0.4, -0.2) is 41.2 Å². The van der Waals surface area contributed by atoms with Crippen molar-refractivity contribution in [3.63, 3.8) is 0 Å². The van der Waals surface area contributed by atoms with E-state index in [2.05, 4.69) is 20.9 Å². The molecule has 0 unspecified atom stereocenters. The van der Waals surface area contributed by atoms with Gasteiger partial charge in [-0.1, -0.05) is 12.1 Å². The first-order valence-electron chi connectivity index (χ1n) is 12.3. The molecule has 6 rings (SSSR count). The Labute approximate surface area is 222 Å². The molecule has 0 bridgehead atoms. The van der Waals surface area contributed by atoms with Gasteiger partial charge in [-0.3, -0.25) is 4.79 Å². The Morgan fingerprint density at radius 1 is 1.21 bits per heavy atom. The van der Waals surface area contributed by atoms with Crippen LogP contribution in [0.4, 0.5) is 16.2 Å². The second-order valence-electron chi connectivity index (χ2n) is 9.15. The van der Waals surface area contributed by atoms with Gasteiger partial charge in [-0.15, -0.1) is 16.4 Å². The van der Waals surface area contributed by atoms with Crippen LogP contribution in [0.3, 0.4) is 0 Å². The van der Waals surface area contributed by atoms with Crippen molar-refractivity contribution >= 4 is 44.9 Å². The van der Waals surface area contributed by atoms with Crippen LogP contribution < -0.4 is 30.6 Å². The minimum atomic E-state index is -0.522. The van der Waals surface area contributed by atoms with Gasteiger partial charge in [-0.05, 0) is 68.3 Å². The third kappa shape index (κ3) is 4.46. The Balaban J connectivity index is 1.26. The number of aromatic nitrogens is 1. The monoisotopic (exact) mass is 531 g/mol. The molecule has 4 aromatic rings. The van der Waals surface area contributed by atoms with Crippen LogP contribution >= 0.6 is 11.3 Å². The molecule has 0 aliphatic carbocycles. The second-order valence-corrected chi connectivity index (χ2v) is 10.1. The number of nitrogens with one attached hydrogen (secondary N) is 3. The van der Waals surface area contributed by atoms with Gasteiger partial charge in [0, 0.05) is 18.8 Å². The SMILES string of the molecule is Cc1cc(Oc2ccccc2O)ccc1ON1C(=O)Nc2c(C(=O)N[C@@H]3CCCNC3)sc3nccc1c23. The average Bonchev–Trinajstić information content (AvgIpc) is 3.29. The lowest BCUT2D eigenvalue weighted by Crippen LogP contribution is -2.45. The standard InChI is InChI=1S/C27H25N5O5S/c1-15-13-17(36-21-7-3-2-6-19(21)33)8-9-20(15)37-32-18-10-12-29-26-22(18)23(31-27(32)35)24(38-26)25(34)30-16-5-4-11-28-14-16/h2-3,6-10,12-13,16,28,33H,4-5,11,14H2,1H3,(H,30,34)(H,31,35)/t16-/m1/s1. The van der Waals surface area contributed by atoms with E-state index in [1.165, 1.54) is 16.4 Å². The third-order valence-electron chi connectivity index (χ3n) is 6.47. The van der Waals surface area contributed by atoms with E-state index in [0.717, 1.165) is 25.9 Å². The van der Waals surface area contributed by atoms with Gasteiger partial charge in [-0.2, -0.15) is 0 Å². The number of nitrogens with zero attached hydrogens (tertiary/aromatic N) is 2. The number of hydrogen-bond acceptors (Lipinski definition) is 8. The second kappa shape index (κ2) is 9.84. The number of pyridine rings is 1. The minimum Gasteiger partial charge on any atom is -0.504 e. The first-order chi connectivity index (χ1) is 18.5. The number of para-hydroxylation sites is 2. The van der Waals surface area contributed by atoms with Crippen molar-refractivity contribution in [1.29, 1.82) is 0 Å². The lowest BCUT2D eigenvalue weighted by molar-refractivity contribution is 0.0935. The summed E-state index contributed by atoms with van der Waals surface area (Å²) in [6, 6.07) is 13.0. The number of rotatable bonds is 6. The smallest absolute Gasteiger partial charge is 0.359 e. The molecule has 11 heteroatoms. The molecule has 4 heterocycles. The maximum atomic E-state index is 13.2. The number of hydrogen-bond donors (Lipinski definition) is 4. The summed E-state index contributed by atoms with van der Waals surface area (Å²) in [5.41, 5.74) is 1.66. The van der Waals surface area contributed by atoms with E-state index in [9.17, 15) is 14.7 Å². The first-order valence-corrected chi connectivity index (χ1v) is 13.1. The third-order valence-corrected chi connectivity index (χ3v) is 7.57. The van der Waals surface area contributed by atoms with Crippen molar-refractivity contribution < 1.29 is 24.3 Å². The molecule has 0 saturated carbocycles. The topological polar surface area (TPSA) is 125 Å². The van der Waals surface area contributed by atoms with Gasteiger partial charge >= 0.3 is 6.03 Å². The van der Waals surface area contributed by atoms with Crippen molar-refractivity contribution in [2.24, 2.45) is 0 Å². The molecule has 194 valence electrons. The van der Waals surface area contributed by atoms with Gasteiger partial charge in [0.25, 0.3) is 5.91 Å². The summed E-state index contributed by atoms with van der Waals surface area (Å²) in [6.07, 6.45) is 3.50. The highest BCUT2D eigenvalue weighted by Gasteiger charge is 2.34. The number of phenols is 1. The minimum absolute atomic E-state index is 0.0344. The van der Waals surface area contributed by atoms with Crippen LogP contribution in [0.2, 0.25) is 0 Å². The van der Waals surface area contributed by atoms with Gasteiger partial charge < -0.3 is 30.6 Å². The number of urea groups is 1. The van der Waals surface area contributed by atoms with Crippen LogP contribution in [0.5, 0.6) is 23.0 Å². The van der Waals surface area contributed by atoms with Crippen LogP contribution in [0.25, 0.3) is 10.2 Å². The van der Waals surface area contributed by atoms with Crippen molar-refractivity contribution in [1.82, 2.24) is 15.6 Å². The molecule has 2 aliphatic rings. The zero-order chi connectivity index (χ0) is 26.2. The number of carbonyl (C=O) groups is 2. The van der Waals surface area contributed by atoms with Gasteiger partial charge in [0.1, 0.15) is 21.1 Å². The molecule has 4 N–H and O–H groups in total. The first kappa shape index (κ1) is 24.0. The number of thiophene rings is 1. The van der Waals surface area contributed by atoms with Crippen LogP contribution in [0.1, 0.15) is 28.1 Å². The van der Waals surface area contributed by atoms with Gasteiger partial charge in [0.05, 0.1) is 11.1 Å². The quantitative estimate of drug-likeness (QED) is 0.278. The Morgan fingerprint density at radius 2 is 2.08 bits per heavy atom. The van der Waals surface area contributed by atoms with E-state index in [0.29, 0.717) is 49.3 Å². The summed E-state index contributed by atoms with van der Waals surface area (Å²) in [5.74, 6) is 1.09. The van der Waals surface area contributed by atoms with Crippen molar-refractivity contribution in [3.05, 3.63) is 65.2 Å². The lowest BCUT2D eigenvalue weighted by Gasteiger charge is -2.28. The number of aromatic hydroxyl groups is 1. The van der Waals surface area contributed by atoms with E-state index in [4.69, 9.17) is 9.57 Å². The lowest BCUT2D eigenvalue weighted by atomic mass is 10.1. The molecular formula is C27H25N5O5S. The van der Waals surface area contributed by atoms with Gasteiger partial charge in [0.2, 0.25) is 0 Å².